The van der Waals surface area contributed by atoms with E-state index in [0.717, 1.165) is 0 Å². The lowest BCUT2D eigenvalue weighted by molar-refractivity contribution is -0.129. The summed E-state index contributed by atoms with van der Waals surface area (Å²) in [5.41, 5.74) is 0. The van der Waals surface area contributed by atoms with E-state index < -0.39 is 0 Å². The fourth-order valence-electron chi connectivity index (χ4n) is 1.33. The average molecular weight is 169 g/mol. The van der Waals surface area contributed by atoms with Crippen LogP contribution in [0.3, 0.4) is 0 Å². The Morgan fingerprint density at radius 3 is 1.83 bits per heavy atom. The normalized spacial score (nSPS) is 11.6. The van der Waals surface area contributed by atoms with Crippen LogP contribution in [0, 0.1) is 0 Å². The molecular formula is C10H19NO. The minimum atomic E-state index is 0.0995. The predicted molar refractivity (Wildman–Crippen MR) is 51.9 cm³/mol. The first kappa shape index (κ1) is 11.2. The van der Waals surface area contributed by atoms with E-state index in [0.29, 0.717) is 0 Å². The van der Waals surface area contributed by atoms with Crippen LogP contribution in [0.5, 0.6) is 0 Å². The first-order valence-electron chi connectivity index (χ1n) is 4.45. The van der Waals surface area contributed by atoms with Crippen molar-refractivity contribution < 1.29 is 4.79 Å². The molecule has 0 aromatic rings. The second kappa shape index (κ2) is 4.96. The third-order valence-corrected chi connectivity index (χ3v) is 1.68. The fraction of sp³-hybridized carbons (Fsp3) is 0.700. The van der Waals surface area contributed by atoms with E-state index in [1.54, 1.807) is 12.2 Å². The van der Waals surface area contributed by atoms with Gasteiger partial charge in [0.15, 0.2) is 0 Å². The molecule has 0 fully saturated rings. The van der Waals surface area contributed by atoms with Gasteiger partial charge in [-0.3, -0.25) is 4.79 Å². The molecule has 12 heavy (non-hydrogen) atoms. The fourth-order valence-corrected chi connectivity index (χ4v) is 1.33. The van der Waals surface area contributed by atoms with Gasteiger partial charge in [-0.05, 0) is 40.7 Å². The van der Waals surface area contributed by atoms with E-state index in [4.69, 9.17) is 0 Å². The van der Waals surface area contributed by atoms with Gasteiger partial charge in [0.2, 0.25) is 5.91 Å². The van der Waals surface area contributed by atoms with Crippen LogP contribution in [0.4, 0.5) is 0 Å². The van der Waals surface area contributed by atoms with Crippen molar-refractivity contribution in [2.45, 2.75) is 46.7 Å². The summed E-state index contributed by atoms with van der Waals surface area (Å²) >= 11 is 0. The molecule has 0 aliphatic carbocycles. The van der Waals surface area contributed by atoms with Crippen molar-refractivity contribution >= 4 is 5.91 Å². The minimum absolute atomic E-state index is 0.0995. The molecule has 0 aliphatic rings. The van der Waals surface area contributed by atoms with Crippen LogP contribution in [-0.4, -0.2) is 22.9 Å². The van der Waals surface area contributed by atoms with E-state index in [-0.39, 0.29) is 18.0 Å². The van der Waals surface area contributed by atoms with Crippen LogP contribution in [0.15, 0.2) is 12.2 Å². The maximum atomic E-state index is 11.5. The Bertz CT molecular complexity index is 163. The summed E-state index contributed by atoms with van der Waals surface area (Å²) < 4.78 is 0. The van der Waals surface area contributed by atoms with Gasteiger partial charge < -0.3 is 4.90 Å². The Balaban J connectivity index is 4.40. The monoisotopic (exact) mass is 169 g/mol. The molecule has 0 aromatic heterocycles. The number of hydrogen-bond acceptors (Lipinski definition) is 1. The second-order valence-electron chi connectivity index (χ2n) is 3.43. The molecule has 0 spiro atoms. The number of carbonyl (C=O) groups excluding carboxylic acids is 1. The maximum Gasteiger partial charge on any atom is 0.246 e. The van der Waals surface area contributed by atoms with Gasteiger partial charge in [0, 0.05) is 12.1 Å². The van der Waals surface area contributed by atoms with Crippen molar-refractivity contribution in [3.8, 4) is 0 Å². The predicted octanol–water partition coefficient (Wildman–Crippen LogP) is 2.21. The SMILES string of the molecule is C/C=C/C(=O)N(C(C)C)C(C)C. The van der Waals surface area contributed by atoms with Crippen molar-refractivity contribution in [1.82, 2.24) is 4.90 Å². The molecule has 1 amide bonds. The highest BCUT2D eigenvalue weighted by Crippen LogP contribution is 2.05. The lowest BCUT2D eigenvalue weighted by atomic mass is 10.2. The first-order chi connectivity index (χ1) is 5.50. The summed E-state index contributed by atoms with van der Waals surface area (Å²) in [5, 5.41) is 0. The quantitative estimate of drug-likeness (QED) is 0.593. The van der Waals surface area contributed by atoms with E-state index in [1.165, 1.54) is 0 Å². The van der Waals surface area contributed by atoms with Gasteiger partial charge in [0.25, 0.3) is 0 Å². The molecule has 0 aromatic carbocycles. The summed E-state index contributed by atoms with van der Waals surface area (Å²) in [6.45, 7) is 9.97. The zero-order valence-corrected chi connectivity index (χ0v) is 8.66. The summed E-state index contributed by atoms with van der Waals surface area (Å²) in [6.07, 6.45) is 3.39. The molecule has 0 N–H and O–H groups in total. The van der Waals surface area contributed by atoms with Crippen molar-refractivity contribution in [3.05, 3.63) is 12.2 Å². The Labute approximate surface area is 75.3 Å². The molecule has 0 unspecified atom stereocenters. The Hall–Kier alpha value is -0.790. The van der Waals surface area contributed by atoms with Crippen LogP contribution in [0.25, 0.3) is 0 Å². The van der Waals surface area contributed by atoms with Crippen LogP contribution >= 0.6 is 0 Å². The van der Waals surface area contributed by atoms with Gasteiger partial charge in [-0.25, -0.2) is 0 Å². The molecule has 2 heteroatoms. The van der Waals surface area contributed by atoms with Crippen LogP contribution in [0.1, 0.15) is 34.6 Å². The second-order valence-corrected chi connectivity index (χ2v) is 3.43. The number of hydrogen-bond donors (Lipinski definition) is 0. The third kappa shape index (κ3) is 3.07. The van der Waals surface area contributed by atoms with Crippen molar-refractivity contribution in [1.29, 1.82) is 0 Å². The molecule has 0 atom stereocenters. The molecule has 0 rings (SSSR count). The van der Waals surface area contributed by atoms with Crippen LogP contribution < -0.4 is 0 Å². The van der Waals surface area contributed by atoms with Gasteiger partial charge >= 0.3 is 0 Å². The third-order valence-electron chi connectivity index (χ3n) is 1.68. The molecule has 0 saturated heterocycles. The van der Waals surface area contributed by atoms with Crippen LogP contribution in [-0.2, 0) is 4.79 Å². The van der Waals surface area contributed by atoms with Gasteiger partial charge in [0.1, 0.15) is 0 Å². The Kier molecular flexibility index (Phi) is 4.64. The molecule has 70 valence electrons. The molecule has 0 bridgehead atoms. The minimum Gasteiger partial charge on any atom is -0.334 e. The maximum absolute atomic E-state index is 11.5. The highest BCUT2D eigenvalue weighted by atomic mass is 16.2. The topological polar surface area (TPSA) is 20.3 Å². The summed E-state index contributed by atoms with van der Waals surface area (Å²) in [7, 11) is 0. The van der Waals surface area contributed by atoms with Gasteiger partial charge in [-0.1, -0.05) is 6.08 Å². The zero-order chi connectivity index (χ0) is 9.72. The Morgan fingerprint density at radius 1 is 1.17 bits per heavy atom. The highest BCUT2D eigenvalue weighted by Gasteiger charge is 2.16. The Morgan fingerprint density at radius 2 is 1.58 bits per heavy atom. The van der Waals surface area contributed by atoms with E-state index >= 15 is 0 Å². The van der Waals surface area contributed by atoms with Crippen molar-refractivity contribution in [2.24, 2.45) is 0 Å². The lowest BCUT2D eigenvalue weighted by Gasteiger charge is -2.29. The van der Waals surface area contributed by atoms with Crippen LogP contribution in [0.2, 0.25) is 0 Å². The number of allylic oxidation sites excluding steroid dienone is 1. The first-order valence-corrected chi connectivity index (χ1v) is 4.45. The van der Waals surface area contributed by atoms with Crippen molar-refractivity contribution in [2.75, 3.05) is 0 Å². The molecule has 0 aliphatic heterocycles. The number of nitrogens with zero attached hydrogens (tertiary/aromatic N) is 1. The number of carbonyl (C=O) groups is 1. The van der Waals surface area contributed by atoms with Gasteiger partial charge in [-0.15, -0.1) is 0 Å². The highest BCUT2D eigenvalue weighted by molar-refractivity contribution is 5.87. The molecule has 2 nitrogen and oxygen atoms in total. The number of amides is 1. The lowest BCUT2D eigenvalue weighted by Crippen LogP contribution is -2.41. The number of rotatable bonds is 3. The van der Waals surface area contributed by atoms with E-state index in [2.05, 4.69) is 0 Å². The average Bonchev–Trinajstić information content (AvgIpc) is 1.85. The standard InChI is InChI=1S/C10H19NO/c1-6-7-10(12)11(8(2)3)9(4)5/h6-9H,1-5H3/b7-6+. The smallest absolute Gasteiger partial charge is 0.246 e. The summed E-state index contributed by atoms with van der Waals surface area (Å²) in [5.74, 6) is 0.0995. The van der Waals surface area contributed by atoms with Gasteiger partial charge in [0.05, 0.1) is 0 Å². The summed E-state index contributed by atoms with van der Waals surface area (Å²) in [6, 6.07) is 0.544. The molecule has 0 saturated carbocycles. The van der Waals surface area contributed by atoms with Crippen molar-refractivity contribution in [3.63, 3.8) is 0 Å². The molecular weight excluding hydrogens is 150 g/mol. The van der Waals surface area contributed by atoms with E-state index in [1.807, 2.05) is 39.5 Å². The zero-order valence-electron chi connectivity index (χ0n) is 8.66. The largest absolute Gasteiger partial charge is 0.334 e. The molecule has 0 radical (unpaired) electrons. The summed E-state index contributed by atoms with van der Waals surface area (Å²) in [4.78, 5) is 13.3. The van der Waals surface area contributed by atoms with Gasteiger partial charge in [-0.2, -0.15) is 0 Å². The van der Waals surface area contributed by atoms with E-state index in [9.17, 15) is 4.79 Å². The molecule has 0 heterocycles.